The van der Waals surface area contributed by atoms with Gasteiger partial charge in [0.1, 0.15) is 11.5 Å². The average molecular weight is 330 g/mol. The Labute approximate surface area is 145 Å². The van der Waals surface area contributed by atoms with Crippen molar-refractivity contribution in [1.82, 2.24) is 10.2 Å². The number of hydrogen-bond acceptors (Lipinski definition) is 3. The highest BCUT2D eigenvalue weighted by atomic mass is 16.3. The molecule has 0 unspecified atom stereocenters. The normalized spacial score (nSPS) is 21.9. The highest BCUT2D eigenvalue weighted by Crippen LogP contribution is 2.35. The second kappa shape index (κ2) is 8.02. The largest absolute Gasteiger partial charge is 0.462 e. The third-order valence-electron chi connectivity index (χ3n) is 5.56. The second-order valence-electron chi connectivity index (χ2n) is 7.33. The van der Waals surface area contributed by atoms with Crippen LogP contribution < -0.4 is 5.32 Å². The number of piperidine rings is 1. The number of amides is 1. The topological polar surface area (TPSA) is 45.5 Å². The number of rotatable bonds is 5. The highest BCUT2D eigenvalue weighted by molar-refractivity contribution is 5.91. The van der Waals surface area contributed by atoms with E-state index < -0.39 is 0 Å². The van der Waals surface area contributed by atoms with Crippen LogP contribution in [-0.2, 0) is 4.79 Å². The summed E-state index contributed by atoms with van der Waals surface area (Å²) in [6, 6.07) is 3.79. The van der Waals surface area contributed by atoms with Gasteiger partial charge in [0.25, 0.3) is 0 Å². The molecule has 2 aliphatic rings. The molecule has 1 aliphatic heterocycles. The molecule has 2 fully saturated rings. The maximum absolute atomic E-state index is 12.2. The van der Waals surface area contributed by atoms with Gasteiger partial charge in [-0.1, -0.05) is 25.7 Å². The van der Waals surface area contributed by atoms with E-state index in [1.165, 1.54) is 64.5 Å². The predicted molar refractivity (Wildman–Crippen MR) is 96.7 cm³/mol. The summed E-state index contributed by atoms with van der Waals surface area (Å²) < 4.78 is 5.47. The standard InChI is InChI=1S/C20H30N2O2/c1-17-8-9-18(24-17)10-11-19(23)21-16-20(12-4-2-5-13-20)22-14-6-3-7-15-22/h8-11H,2-7,12-16H2,1H3,(H,21,23)/b11-10+. The van der Waals surface area contributed by atoms with Gasteiger partial charge in [-0.2, -0.15) is 0 Å². The number of likely N-dealkylation sites (tertiary alicyclic amines) is 1. The summed E-state index contributed by atoms with van der Waals surface area (Å²) in [6.07, 6.45) is 13.6. The number of hydrogen-bond donors (Lipinski definition) is 1. The summed E-state index contributed by atoms with van der Waals surface area (Å²) in [6.45, 7) is 5.06. The Morgan fingerprint density at radius 3 is 2.54 bits per heavy atom. The van der Waals surface area contributed by atoms with E-state index >= 15 is 0 Å². The fourth-order valence-corrected chi connectivity index (χ4v) is 4.19. The summed E-state index contributed by atoms with van der Waals surface area (Å²) in [5.41, 5.74) is 0.184. The molecule has 4 nitrogen and oxygen atoms in total. The minimum atomic E-state index is -0.0222. The minimum absolute atomic E-state index is 0.0222. The maximum Gasteiger partial charge on any atom is 0.244 e. The van der Waals surface area contributed by atoms with Crippen LogP contribution in [-0.4, -0.2) is 36.0 Å². The molecular formula is C20H30N2O2. The Bertz CT molecular complexity index is 564. The van der Waals surface area contributed by atoms with Crippen molar-refractivity contribution in [2.24, 2.45) is 0 Å². The van der Waals surface area contributed by atoms with Gasteiger partial charge < -0.3 is 9.73 Å². The van der Waals surface area contributed by atoms with E-state index in [1.807, 2.05) is 19.1 Å². The zero-order valence-corrected chi connectivity index (χ0v) is 14.9. The molecule has 1 saturated carbocycles. The molecule has 1 aromatic heterocycles. The molecule has 1 amide bonds. The average Bonchev–Trinajstić information content (AvgIpc) is 3.05. The SMILES string of the molecule is Cc1ccc(/C=C/C(=O)NCC2(N3CCCCC3)CCCCC2)o1. The lowest BCUT2D eigenvalue weighted by molar-refractivity contribution is -0.117. The fourth-order valence-electron chi connectivity index (χ4n) is 4.19. The molecule has 24 heavy (non-hydrogen) atoms. The predicted octanol–water partition coefficient (Wildman–Crippen LogP) is 3.91. The molecule has 0 aromatic carbocycles. The molecular weight excluding hydrogens is 300 g/mol. The Hall–Kier alpha value is -1.55. The zero-order valence-electron chi connectivity index (χ0n) is 14.9. The lowest BCUT2D eigenvalue weighted by Gasteiger charge is -2.48. The summed E-state index contributed by atoms with van der Waals surface area (Å²) in [7, 11) is 0. The number of furan rings is 1. The molecule has 0 spiro atoms. The summed E-state index contributed by atoms with van der Waals surface area (Å²) in [5, 5.41) is 3.16. The monoisotopic (exact) mass is 330 g/mol. The highest BCUT2D eigenvalue weighted by Gasteiger charge is 2.38. The number of nitrogens with zero attached hydrogens (tertiary/aromatic N) is 1. The van der Waals surface area contributed by atoms with Crippen molar-refractivity contribution in [3.05, 3.63) is 29.7 Å². The summed E-state index contributed by atoms with van der Waals surface area (Å²) >= 11 is 0. The summed E-state index contributed by atoms with van der Waals surface area (Å²) in [5.74, 6) is 1.57. The summed E-state index contributed by atoms with van der Waals surface area (Å²) in [4.78, 5) is 14.9. The van der Waals surface area contributed by atoms with Crippen LogP contribution >= 0.6 is 0 Å². The molecule has 1 aromatic rings. The first kappa shape index (κ1) is 17.3. The van der Waals surface area contributed by atoms with Gasteiger partial charge in [-0.15, -0.1) is 0 Å². The molecule has 0 radical (unpaired) electrons. The molecule has 0 bridgehead atoms. The fraction of sp³-hybridized carbons (Fsp3) is 0.650. The van der Waals surface area contributed by atoms with Gasteiger partial charge in [-0.05, 0) is 63.9 Å². The lowest BCUT2D eigenvalue weighted by Crippen LogP contribution is -2.58. The van der Waals surface area contributed by atoms with Crippen LogP contribution in [0.3, 0.4) is 0 Å². The molecule has 1 N–H and O–H groups in total. The van der Waals surface area contributed by atoms with Crippen molar-refractivity contribution in [3.63, 3.8) is 0 Å². The molecule has 1 saturated heterocycles. The molecule has 3 rings (SSSR count). The van der Waals surface area contributed by atoms with Crippen molar-refractivity contribution in [2.45, 2.75) is 63.8 Å². The Morgan fingerprint density at radius 2 is 1.88 bits per heavy atom. The van der Waals surface area contributed by atoms with Crippen LogP contribution in [0.2, 0.25) is 0 Å². The Balaban J connectivity index is 1.58. The van der Waals surface area contributed by atoms with Gasteiger partial charge in [0, 0.05) is 18.2 Å². The van der Waals surface area contributed by atoms with E-state index in [4.69, 9.17) is 4.42 Å². The third kappa shape index (κ3) is 4.29. The molecule has 132 valence electrons. The molecule has 4 heteroatoms. The first-order valence-electron chi connectivity index (χ1n) is 9.45. The number of carbonyl (C=O) groups excluding carboxylic acids is 1. The van der Waals surface area contributed by atoms with E-state index in [0.717, 1.165) is 18.1 Å². The van der Waals surface area contributed by atoms with E-state index in [0.29, 0.717) is 0 Å². The Kier molecular flexibility index (Phi) is 5.77. The van der Waals surface area contributed by atoms with Crippen molar-refractivity contribution >= 4 is 12.0 Å². The maximum atomic E-state index is 12.2. The number of aryl methyl sites for hydroxylation is 1. The Morgan fingerprint density at radius 1 is 1.17 bits per heavy atom. The third-order valence-corrected chi connectivity index (χ3v) is 5.56. The van der Waals surface area contributed by atoms with Crippen LogP contribution in [0.1, 0.15) is 62.9 Å². The van der Waals surface area contributed by atoms with E-state index in [9.17, 15) is 4.79 Å². The first-order valence-corrected chi connectivity index (χ1v) is 9.45. The van der Waals surface area contributed by atoms with Gasteiger partial charge in [-0.3, -0.25) is 9.69 Å². The second-order valence-corrected chi connectivity index (χ2v) is 7.33. The van der Waals surface area contributed by atoms with Crippen molar-refractivity contribution in [3.8, 4) is 0 Å². The molecule has 2 heterocycles. The lowest BCUT2D eigenvalue weighted by atomic mass is 9.79. The minimum Gasteiger partial charge on any atom is -0.462 e. The molecule has 1 aliphatic carbocycles. The first-order chi connectivity index (χ1) is 11.7. The van der Waals surface area contributed by atoms with Gasteiger partial charge in [0.05, 0.1) is 0 Å². The van der Waals surface area contributed by atoms with Crippen molar-refractivity contribution < 1.29 is 9.21 Å². The van der Waals surface area contributed by atoms with E-state index in [-0.39, 0.29) is 11.4 Å². The zero-order chi connectivity index (χ0) is 16.8. The smallest absolute Gasteiger partial charge is 0.244 e. The number of nitrogens with one attached hydrogen (secondary N) is 1. The van der Waals surface area contributed by atoms with E-state index in [1.54, 1.807) is 12.2 Å². The molecule has 0 atom stereocenters. The van der Waals surface area contributed by atoms with Gasteiger partial charge >= 0.3 is 0 Å². The van der Waals surface area contributed by atoms with Crippen LogP contribution in [0.5, 0.6) is 0 Å². The quantitative estimate of drug-likeness (QED) is 0.833. The van der Waals surface area contributed by atoms with Crippen LogP contribution in [0, 0.1) is 6.92 Å². The van der Waals surface area contributed by atoms with Gasteiger partial charge in [0.2, 0.25) is 5.91 Å². The van der Waals surface area contributed by atoms with Crippen molar-refractivity contribution in [1.29, 1.82) is 0 Å². The van der Waals surface area contributed by atoms with Crippen LogP contribution in [0.25, 0.3) is 6.08 Å². The van der Waals surface area contributed by atoms with Crippen molar-refractivity contribution in [2.75, 3.05) is 19.6 Å². The van der Waals surface area contributed by atoms with E-state index in [2.05, 4.69) is 10.2 Å². The van der Waals surface area contributed by atoms with Crippen LogP contribution in [0.15, 0.2) is 22.6 Å². The van der Waals surface area contributed by atoms with Gasteiger partial charge in [-0.25, -0.2) is 0 Å². The van der Waals surface area contributed by atoms with Crippen LogP contribution in [0.4, 0.5) is 0 Å². The number of carbonyl (C=O) groups is 1. The van der Waals surface area contributed by atoms with Gasteiger partial charge in [0.15, 0.2) is 0 Å².